The Balaban J connectivity index is 2.17. The molecular formula is C12H13ClN2O2. The van der Waals surface area contributed by atoms with Crippen LogP contribution in [0.2, 0.25) is 5.02 Å². The molecule has 0 saturated carbocycles. The maximum atomic E-state index is 10.7. The molecule has 1 aromatic carbocycles. The summed E-state index contributed by atoms with van der Waals surface area (Å²) in [5.41, 5.74) is 1.99. The molecule has 1 heterocycles. The van der Waals surface area contributed by atoms with Crippen molar-refractivity contribution < 1.29 is 9.90 Å². The fraction of sp³-hybridized carbons (Fsp3) is 0.250. The topological polar surface area (TPSA) is 65.1 Å². The normalized spacial score (nSPS) is 12.8. The molecule has 0 saturated heterocycles. The largest absolute Gasteiger partial charge is 0.480 e. The predicted octanol–water partition coefficient (Wildman–Crippen LogP) is 2.38. The first-order valence-electron chi connectivity index (χ1n) is 5.29. The number of carbonyl (C=O) groups is 1. The van der Waals surface area contributed by atoms with Gasteiger partial charge in [0.25, 0.3) is 0 Å². The summed E-state index contributed by atoms with van der Waals surface area (Å²) in [6.45, 7) is 2.13. The molecule has 2 aromatic rings. The predicted molar refractivity (Wildman–Crippen MR) is 67.2 cm³/mol. The lowest BCUT2D eigenvalue weighted by Gasteiger charge is -2.07. The standard InChI is InChI=1S/C12H13ClN2O2/c1-7(12(16)17)14-5-8-6-15-11-4-9(13)2-3-10(8)11/h2-4,6-7,14-15H,5H2,1H3,(H,16,17)/t7-/m1/s1. The van der Waals surface area contributed by atoms with Crippen LogP contribution in [0.5, 0.6) is 0 Å². The van der Waals surface area contributed by atoms with Crippen LogP contribution in [-0.4, -0.2) is 22.1 Å². The number of fused-ring (bicyclic) bond motifs is 1. The van der Waals surface area contributed by atoms with Gasteiger partial charge in [-0.1, -0.05) is 17.7 Å². The average molecular weight is 253 g/mol. The van der Waals surface area contributed by atoms with Gasteiger partial charge in [0.1, 0.15) is 6.04 Å². The quantitative estimate of drug-likeness (QED) is 0.783. The van der Waals surface area contributed by atoms with Crippen molar-refractivity contribution in [2.24, 2.45) is 0 Å². The molecule has 90 valence electrons. The van der Waals surface area contributed by atoms with E-state index in [0.29, 0.717) is 11.6 Å². The second-order valence-electron chi connectivity index (χ2n) is 3.94. The van der Waals surface area contributed by atoms with Gasteiger partial charge in [-0.05, 0) is 24.6 Å². The van der Waals surface area contributed by atoms with Crippen LogP contribution in [0.1, 0.15) is 12.5 Å². The van der Waals surface area contributed by atoms with Gasteiger partial charge in [-0.15, -0.1) is 0 Å². The number of hydrogen-bond donors (Lipinski definition) is 3. The third-order valence-corrected chi connectivity index (χ3v) is 2.93. The van der Waals surface area contributed by atoms with Crippen molar-refractivity contribution in [3.8, 4) is 0 Å². The highest BCUT2D eigenvalue weighted by Crippen LogP contribution is 2.21. The van der Waals surface area contributed by atoms with E-state index >= 15 is 0 Å². The zero-order chi connectivity index (χ0) is 12.4. The van der Waals surface area contributed by atoms with Gasteiger partial charge >= 0.3 is 5.97 Å². The van der Waals surface area contributed by atoms with Crippen LogP contribution in [0.15, 0.2) is 24.4 Å². The number of benzene rings is 1. The summed E-state index contributed by atoms with van der Waals surface area (Å²) in [5, 5.41) is 13.4. The molecule has 0 radical (unpaired) electrons. The van der Waals surface area contributed by atoms with Crippen LogP contribution >= 0.6 is 11.6 Å². The SMILES string of the molecule is C[C@@H](NCc1c[nH]c2cc(Cl)ccc12)C(=O)O. The lowest BCUT2D eigenvalue weighted by atomic mass is 10.1. The highest BCUT2D eigenvalue weighted by Gasteiger charge is 2.11. The Bertz CT molecular complexity index is 550. The zero-order valence-corrected chi connectivity index (χ0v) is 10.1. The van der Waals surface area contributed by atoms with E-state index in [9.17, 15) is 4.79 Å². The molecule has 0 aliphatic carbocycles. The number of aliphatic carboxylic acids is 1. The van der Waals surface area contributed by atoms with Gasteiger partial charge in [0, 0.05) is 28.7 Å². The summed E-state index contributed by atoms with van der Waals surface area (Å²) in [6, 6.07) is 5.03. The summed E-state index contributed by atoms with van der Waals surface area (Å²) in [5.74, 6) is -0.854. The first kappa shape index (κ1) is 12.0. The van der Waals surface area contributed by atoms with Crippen LogP contribution in [0.4, 0.5) is 0 Å². The van der Waals surface area contributed by atoms with Gasteiger partial charge in [0.2, 0.25) is 0 Å². The number of carboxylic acid groups (broad SMARTS) is 1. The number of aromatic nitrogens is 1. The van der Waals surface area contributed by atoms with E-state index in [1.165, 1.54) is 0 Å². The van der Waals surface area contributed by atoms with E-state index in [2.05, 4.69) is 10.3 Å². The zero-order valence-electron chi connectivity index (χ0n) is 9.33. The number of hydrogen-bond acceptors (Lipinski definition) is 2. The number of H-pyrrole nitrogens is 1. The first-order valence-corrected chi connectivity index (χ1v) is 5.67. The van der Waals surface area contributed by atoms with Crippen molar-refractivity contribution in [2.75, 3.05) is 0 Å². The third kappa shape index (κ3) is 2.60. The molecule has 0 aliphatic rings. The molecule has 3 N–H and O–H groups in total. The molecule has 0 amide bonds. The molecule has 0 aliphatic heterocycles. The Morgan fingerprint density at radius 2 is 2.35 bits per heavy atom. The van der Waals surface area contributed by atoms with Crippen molar-refractivity contribution >= 4 is 28.5 Å². The van der Waals surface area contributed by atoms with Crippen LogP contribution in [0.3, 0.4) is 0 Å². The van der Waals surface area contributed by atoms with E-state index in [-0.39, 0.29) is 0 Å². The van der Waals surface area contributed by atoms with Gasteiger partial charge in [0.05, 0.1) is 0 Å². The minimum Gasteiger partial charge on any atom is -0.480 e. The minimum atomic E-state index is -0.854. The molecule has 0 bridgehead atoms. The van der Waals surface area contributed by atoms with Gasteiger partial charge in [-0.2, -0.15) is 0 Å². The summed E-state index contributed by atoms with van der Waals surface area (Å²) in [6.07, 6.45) is 1.86. The van der Waals surface area contributed by atoms with Gasteiger partial charge in [-0.25, -0.2) is 0 Å². The van der Waals surface area contributed by atoms with Gasteiger partial charge in [0.15, 0.2) is 0 Å². The second kappa shape index (κ2) is 4.77. The summed E-state index contributed by atoms with van der Waals surface area (Å²) in [4.78, 5) is 13.8. The monoisotopic (exact) mass is 252 g/mol. The molecule has 0 unspecified atom stereocenters. The highest BCUT2D eigenvalue weighted by atomic mass is 35.5. The summed E-state index contributed by atoms with van der Waals surface area (Å²) in [7, 11) is 0. The minimum absolute atomic E-state index is 0.509. The number of nitrogens with one attached hydrogen (secondary N) is 2. The molecule has 0 fully saturated rings. The van der Waals surface area contributed by atoms with E-state index < -0.39 is 12.0 Å². The first-order chi connectivity index (χ1) is 8.08. The number of halogens is 1. The van der Waals surface area contributed by atoms with Crippen molar-refractivity contribution in [3.63, 3.8) is 0 Å². The second-order valence-corrected chi connectivity index (χ2v) is 4.38. The van der Waals surface area contributed by atoms with Gasteiger partial charge < -0.3 is 15.4 Å². The van der Waals surface area contributed by atoms with Crippen LogP contribution in [0, 0.1) is 0 Å². The van der Waals surface area contributed by atoms with Crippen molar-refractivity contribution in [1.82, 2.24) is 10.3 Å². The van der Waals surface area contributed by atoms with Crippen molar-refractivity contribution in [3.05, 3.63) is 35.0 Å². The molecule has 5 heteroatoms. The van der Waals surface area contributed by atoms with E-state index in [4.69, 9.17) is 16.7 Å². The number of rotatable bonds is 4. The van der Waals surface area contributed by atoms with E-state index in [1.807, 2.05) is 24.4 Å². The van der Waals surface area contributed by atoms with Gasteiger partial charge in [-0.3, -0.25) is 4.79 Å². The molecule has 0 spiro atoms. The molecular weight excluding hydrogens is 240 g/mol. The smallest absolute Gasteiger partial charge is 0.320 e. The van der Waals surface area contributed by atoms with E-state index in [1.54, 1.807) is 6.92 Å². The Kier molecular flexibility index (Phi) is 3.36. The lowest BCUT2D eigenvalue weighted by molar-refractivity contribution is -0.139. The Morgan fingerprint density at radius 3 is 3.06 bits per heavy atom. The van der Waals surface area contributed by atoms with E-state index in [0.717, 1.165) is 16.5 Å². The van der Waals surface area contributed by atoms with Crippen LogP contribution < -0.4 is 5.32 Å². The Hall–Kier alpha value is -1.52. The maximum absolute atomic E-state index is 10.7. The average Bonchev–Trinajstić information content (AvgIpc) is 2.67. The Morgan fingerprint density at radius 1 is 1.59 bits per heavy atom. The fourth-order valence-corrected chi connectivity index (χ4v) is 1.83. The summed E-state index contributed by atoms with van der Waals surface area (Å²) < 4.78 is 0. The maximum Gasteiger partial charge on any atom is 0.320 e. The molecule has 1 aromatic heterocycles. The molecule has 17 heavy (non-hydrogen) atoms. The van der Waals surface area contributed by atoms with Crippen LogP contribution in [-0.2, 0) is 11.3 Å². The highest BCUT2D eigenvalue weighted by molar-refractivity contribution is 6.31. The molecule has 2 rings (SSSR count). The third-order valence-electron chi connectivity index (χ3n) is 2.70. The van der Waals surface area contributed by atoms with Crippen molar-refractivity contribution in [1.29, 1.82) is 0 Å². The molecule has 1 atom stereocenters. The Labute approximate surface area is 104 Å². The van der Waals surface area contributed by atoms with Crippen LogP contribution in [0.25, 0.3) is 10.9 Å². The summed E-state index contributed by atoms with van der Waals surface area (Å²) >= 11 is 5.88. The molecule has 4 nitrogen and oxygen atoms in total. The van der Waals surface area contributed by atoms with Crippen molar-refractivity contribution in [2.45, 2.75) is 19.5 Å². The lowest BCUT2D eigenvalue weighted by Crippen LogP contribution is -2.32. The number of carboxylic acids is 1. The fourth-order valence-electron chi connectivity index (χ4n) is 1.66. The number of aromatic amines is 1.